The third-order valence-electron chi connectivity index (χ3n) is 5.23. The zero-order valence-corrected chi connectivity index (χ0v) is 16.1. The molecule has 1 fully saturated rings. The smallest absolute Gasteiger partial charge is 0.254 e. The van der Waals surface area contributed by atoms with Crippen LogP contribution in [0.2, 0.25) is 0 Å². The van der Waals surface area contributed by atoms with Gasteiger partial charge in [0.05, 0.1) is 5.69 Å². The minimum Gasteiger partial charge on any atom is -0.358 e. The molecule has 1 saturated heterocycles. The van der Waals surface area contributed by atoms with Crippen molar-refractivity contribution < 1.29 is 9.18 Å². The molecule has 1 aliphatic rings. The Balaban J connectivity index is 1.38. The molecule has 0 aliphatic carbocycles. The summed E-state index contributed by atoms with van der Waals surface area (Å²) in [5.74, 6) is 0.853. The van der Waals surface area contributed by atoms with Gasteiger partial charge >= 0.3 is 0 Å². The van der Waals surface area contributed by atoms with Gasteiger partial charge in [0.25, 0.3) is 5.78 Å². The summed E-state index contributed by atoms with van der Waals surface area (Å²) in [4.78, 5) is 23.5. The van der Waals surface area contributed by atoms with Gasteiger partial charge in [0, 0.05) is 24.7 Å². The van der Waals surface area contributed by atoms with Crippen LogP contribution in [0.5, 0.6) is 0 Å². The van der Waals surface area contributed by atoms with Crippen LogP contribution in [-0.4, -0.2) is 43.0 Å². The molecular weight excluding hydrogens is 383 g/mol. The molecule has 0 spiro atoms. The van der Waals surface area contributed by atoms with Crippen molar-refractivity contribution in [2.45, 2.75) is 19.0 Å². The van der Waals surface area contributed by atoms with E-state index in [0.717, 1.165) is 16.8 Å². The van der Waals surface area contributed by atoms with E-state index in [1.54, 1.807) is 21.5 Å². The number of nitrogens with zero attached hydrogens (tertiary/aromatic N) is 5. The maximum absolute atomic E-state index is 13.1. The van der Waals surface area contributed by atoms with Crippen LogP contribution in [0.25, 0.3) is 17.0 Å². The Labute approximate surface area is 172 Å². The second kappa shape index (κ2) is 7.55. The SMILES string of the molecule is O=C1C(Nc2cc(-c3ccccc3)nc3ncnn23)CCN1Cc1ccc(F)cc1. The number of fused-ring (bicyclic) bond motifs is 1. The highest BCUT2D eigenvalue weighted by atomic mass is 19.1. The molecule has 0 radical (unpaired) electrons. The molecule has 2 aromatic heterocycles. The molecule has 1 unspecified atom stereocenters. The van der Waals surface area contributed by atoms with Gasteiger partial charge in [-0.05, 0) is 24.1 Å². The van der Waals surface area contributed by atoms with Crippen molar-refractivity contribution in [3.63, 3.8) is 0 Å². The van der Waals surface area contributed by atoms with Gasteiger partial charge in [-0.25, -0.2) is 9.37 Å². The van der Waals surface area contributed by atoms with Gasteiger partial charge in [-0.15, -0.1) is 0 Å². The predicted molar refractivity (Wildman–Crippen MR) is 110 cm³/mol. The second-order valence-electron chi connectivity index (χ2n) is 7.24. The zero-order valence-electron chi connectivity index (χ0n) is 16.1. The molecule has 30 heavy (non-hydrogen) atoms. The minimum atomic E-state index is -0.371. The highest BCUT2D eigenvalue weighted by molar-refractivity contribution is 5.86. The first kappa shape index (κ1) is 18.2. The van der Waals surface area contributed by atoms with Crippen LogP contribution in [-0.2, 0) is 11.3 Å². The first-order chi connectivity index (χ1) is 14.7. The Morgan fingerprint density at radius 1 is 1.10 bits per heavy atom. The van der Waals surface area contributed by atoms with E-state index in [2.05, 4.69) is 20.4 Å². The van der Waals surface area contributed by atoms with Crippen molar-refractivity contribution in [2.24, 2.45) is 0 Å². The Hall–Kier alpha value is -3.81. The van der Waals surface area contributed by atoms with E-state index in [9.17, 15) is 9.18 Å². The highest BCUT2D eigenvalue weighted by Gasteiger charge is 2.32. The van der Waals surface area contributed by atoms with E-state index >= 15 is 0 Å². The molecule has 1 aliphatic heterocycles. The fraction of sp³-hybridized carbons (Fsp3) is 0.182. The summed E-state index contributed by atoms with van der Waals surface area (Å²) in [7, 11) is 0. The number of likely N-dealkylation sites (tertiary alicyclic amines) is 1. The lowest BCUT2D eigenvalue weighted by Crippen LogP contribution is -2.33. The number of carbonyl (C=O) groups excluding carboxylic acids is 1. The van der Waals surface area contributed by atoms with Crippen molar-refractivity contribution in [3.8, 4) is 11.3 Å². The summed E-state index contributed by atoms with van der Waals surface area (Å²) in [6.07, 6.45) is 2.11. The molecule has 8 heteroatoms. The van der Waals surface area contributed by atoms with Gasteiger partial charge in [-0.3, -0.25) is 4.79 Å². The van der Waals surface area contributed by atoms with Crippen LogP contribution >= 0.6 is 0 Å². The molecule has 7 nitrogen and oxygen atoms in total. The van der Waals surface area contributed by atoms with Gasteiger partial charge < -0.3 is 10.2 Å². The quantitative estimate of drug-likeness (QED) is 0.555. The number of hydrogen-bond acceptors (Lipinski definition) is 5. The van der Waals surface area contributed by atoms with Crippen LogP contribution < -0.4 is 5.32 Å². The third kappa shape index (κ3) is 3.47. The van der Waals surface area contributed by atoms with Crippen LogP contribution in [0.4, 0.5) is 10.2 Å². The number of halogens is 1. The summed E-state index contributed by atoms with van der Waals surface area (Å²) in [6, 6.07) is 17.5. The molecule has 4 aromatic rings. The highest BCUT2D eigenvalue weighted by Crippen LogP contribution is 2.24. The van der Waals surface area contributed by atoms with E-state index in [1.807, 2.05) is 36.4 Å². The van der Waals surface area contributed by atoms with Crippen LogP contribution in [0.1, 0.15) is 12.0 Å². The van der Waals surface area contributed by atoms with Crippen LogP contribution in [0.15, 0.2) is 67.0 Å². The molecule has 0 saturated carbocycles. The van der Waals surface area contributed by atoms with Gasteiger partial charge in [0.1, 0.15) is 24.0 Å². The number of hydrogen-bond donors (Lipinski definition) is 1. The lowest BCUT2D eigenvalue weighted by Gasteiger charge is -2.18. The van der Waals surface area contributed by atoms with Crippen molar-refractivity contribution >= 4 is 17.5 Å². The Morgan fingerprint density at radius 2 is 1.90 bits per heavy atom. The zero-order chi connectivity index (χ0) is 20.5. The van der Waals surface area contributed by atoms with Crippen molar-refractivity contribution in [3.05, 3.63) is 78.4 Å². The monoisotopic (exact) mass is 402 g/mol. The normalized spacial score (nSPS) is 16.4. The van der Waals surface area contributed by atoms with E-state index < -0.39 is 0 Å². The lowest BCUT2D eigenvalue weighted by molar-refractivity contribution is -0.128. The van der Waals surface area contributed by atoms with Gasteiger partial charge in [-0.2, -0.15) is 14.6 Å². The fourth-order valence-electron chi connectivity index (χ4n) is 3.69. The average molecular weight is 402 g/mol. The lowest BCUT2D eigenvalue weighted by atomic mass is 10.1. The summed E-state index contributed by atoms with van der Waals surface area (Å²) in [5, 5.41) is 7.56. The van der Waals surface area contributed by atoms with Crippen LogP contribution in [0.3, 0.4) is 0 Å². The van der Waals surface area contributed by atoms with Crippen molar-refractivity contribution in [2.75, 3.05) is 11.9 Å². The largest absolute Gasteiger partial charge is 0.358 e. The van der Waals surface area contributed by atoms with Crippen molar-refractivity contribution in [1.29, 1.82) is 0 Å². The average Bonchev–Trinajstić information content (AvgIpc) is 3.38. The van der Waals surface area contributed by atoms with E-state index in [1.165, 1.54) is 18.5 Å². The maximum Gasteiger partial charge on any atom is 0.254 e. The van der Waals surface area contributed by atoms with E-state index in [-0.39, 0.29) is 17.8 Å². The summed E-state index contributed by atoms with van der Waals surface area (Å²) in [6.45, 7) is 1.09. The second-order valence-corrected chi connectivity index (χ2v) is 7.24. The molecular formula is C22H19FN6O. The molecule has 3 heterocycles. The first-order valence-electron chi connectivity index (χ1n) is 9.73. The Morgan fingerprint density at radius 3 is 2.70 bits per heavy atom. The number of nitrogens with one attached hydrogen (secondary N) is 1. The number of aromatic nitrogens is 4. The Kier molecular flexibility index (Phi) is 4.59. The number of anilines is 1. The fourth-order valence-corrected chi connectivity index (χ4v) is 3.69. The number of benzene rings is 2. The van der Waals surface area contributed by atoms with Crippen molar-refractivity contribution in [1.82, 2.24) is 24.5 Å². The number of rotatable bonds is 5. The minimum absolute atomic E-state index is 0.00524. The number of amides is 1. The molecule has 0 bridgehead atoms. The summed E-state index contributed by atoms with van der Waals surface area (Å²) < 4.78 is 14.7. The van der Waals surface area contributed by atoms with Gasteiger partial charge in [0.15, 0.2) is 0 Å². The molecule has 150 valence electrons. The molecule has 1 atom stereocenters. The van der Waals surface area contributed by atoms with Gasteiger partial charge in [-0.1, -0.05) is 42.5 Å². The topological polar surface area (TPSA) is 75.4 Å². The first-order valence-corrected chi connectivity index (χ1v) is 9.73. The van der Waals surface area contributed by atoms with Crippen LogP contribution in [0, 0.1) is 5.82 Å². The summed E-state index contributed by atoms with van der Waals surface area (Å²) in [5.41, 5.74) is 2.62. The number of carbonyl (C=O) groups is 1. The third-order valence-corrected chi connectivity index (χ3v) is 5.23. The van der Waals surface area contributed by atoms with E-state index in [4.69, 9.17) is 0 Å². The predicted octanol–water partition coefficient (Wildman–Crippen LogP) is 3.14. The summed E-state index contributed by atoms with van der Waals surface area (Å²) >= 11 is 0. The standard InChI is InChI=1S/C22H19FN6O/c23-17-8-6-15(7-9-17)13-28-11-10-18(21(28)30)26-20-12-19(16-4-2-1-3-5-16)27-22-24-14-25-29(20)22/h1-9,12,14,18,26H,10-11,13H2. The molecule has 2 aromatic carbocycles. The molecule has 1 N–H and O–H groups in total. The van der Waals surface area contributed by atoms with E-state index in [0.29, 0.717) is 31.1 Å². The van der Waals surface area contributed by atoms with Gasteiger partial charge in [0.2, 0.25) is 5.91 Å². The molecule has 1 amide bonds. The molecule has 5 rings (SSSR count). The Bertz CT molecular complexity index is 1190. The maximum atomic E-state index is 13.1.